The number of nitrogens with one attached hydrogen (secondary N) is 1. The molecule has 0 spiro atoms. The van der Waals surface area contributed by atoms with Crippen LogP contribution in [0.15, 0.2) is 0 Å². The first-order valence-corrected chi connectivity index (χ1v) is 7.90. The number of amides is 1. The summed E-state index contributed by atoms with van der Waals surface area (Å²) in [6.45, 7) is 8.98. The van der Waals surface area contributed by atoms with Gasteiger partial charge in [-0.1, -0.05) is 19.8 Å². The van der Waals surface area contributed by atoms with Crippen molar-refractivity contribution < 1.29 is 4.79 Å². The summed E-state index contributed by atoms with van der Waals surface area (Å²) >= 11 is 0. The quantitative estimate of drug-likeness (QED) is 0.647. The standard InChI is InChI=1S/C15H31N3O/c1-3-9-16-15(19)8-6-4-5-7-10-18-13-11-17(2)12-14-18/h3-14H2,1-2H3,(H,16,19). The van der Waals surface area contributed by atoms with E-state index >= 15 is 0 Å². The molecule has 4 heteroatoms. The van der Waals surface area contributed by atoms with Gasteiger partial charge in [-0.25, -0.2) is 0 Å². The summed E-state index contributed by atoms with van der Waals surface area (Å²) in [5, 5.41) is 2.93. The Balaban J connectivity index is 1.87. The second kappa shape index (κ2) is 10.2. The van der Waals surface area contributed by atoms with Gasteiger partial charge < -0.3 is 15.1 Å². The number of carbonyl (C=O) groups is 1. The molecule has 0 aromatic heterocycles. The lowest BCUT2D eigenvalue weighted by molar-refractivity contribution is -0.121. The molecule has 0 atom stereocenters. The molecule has 1 amide bonds. The van der Waals surface area contributed by atoms with Crippen molar-refractivity contribution in [2.75, 3.05) is 46.3 Å². The average molecular weight is 269 g/mol. The van der Waals surface area contributed by atoms with E-state index in [1.165, 1.54) is 52.0 Å². The fourth-order valence-corrected chi connectivity index (χ4v) is 2.40. The summed E-state index contributed by atoms with van der Waals surface area (Å²) in [6.07, 6.45) is 6.49. The van der Waals surface area contributed by atoms with Crippen LogP contribution in [0.1, 0.15) is 45.4 Å². The molecule has 1 heterocycles. The Kier molecular flexibility index (Phi) is 8.84. The predicted octanol–water partition coefficient (Wildman–Crippen LogP) is 1.71. The molecule has 1 aliphatic heterocycles. The molecule has 0 aliphatic carbocycles. The predicted molar refractivity (Wildman–Crippen MR) is 80.3 cm³/mol. The average Bonchev–Trinajstić information content (AvgIpc) is 2.42. The number of hydrogen-bond acceptors (Lipinski definition) is 3. The number of likely N-dealkylation sites (N-methyl/N-ethyl adjacent to an activating group) is 1. The first-order valence-electron chi connectivity index (χ1n) is 7.90. The third-order valence-corrected chi connectivity index (χ3v) is 3.80. The number of unbranched alkanes of at least 4 members (excludes halogenated alkanes) is 3. The minimum atomic E-state index is 0.223. The maximum atomic E-state index is 11.4. The lowest BCUT2D eigenvalue weighted by atomic mass is 10.1. The van der Waals surface area contributed by atoms with Crippen molar-refractivity contribution in [3.8, 4) is 0 Å². The first-order chi connectivity index (χ1) is 9.22. The van der Waals surface area contributed by atoms with Crippen LogP contribution in [0, 0.1) is 0 Å². The van der Waals surface area contributed by atoms with Gasteiger partial charge in [-0.15, -0.1) is 0 Å². The van der Waals surface area contributed by atoms with Gasteiger partial charge in [-0.3, -0.25) is 4.79 Å². The van der Waals surface area contributed by atoms with Gasteiger partial charge in [0, 0.05) is 39.1 Å². The Bertz CT molecular complexity index is 238. The highest BCUT2D eigenvalue weighted by molar-refractivity contribution is 5.75. The lowest BCUT2D eigenvalue weighted by Gasteiger charge is -2.32. The summed E-state index contributed by atoms with van der Waals surface area (Å²) < 4.78 is 0. The van der Waals surface area contributed by atoms with Gasteiger partial charge in [-0.2, -0.15) is 0 Å². The molecule has 1 aliphatic rings. The number of carbonyl (C=O) groups excluding carboxylic acids is 1. The van der Waals surface area contributed by atoms with Crippen molar-refractivity contribution >= 4 is 5.91 Å². The Labute approximate surface area is 118 Å². The summed E-state index contributed by atoms with van der Waals surface area (Å²) in [6, 6.07) is 0. The van der Waals surface area contributed by atoms with E-state index in [1.54, 1.807) is 0 Å². The molecule has 1 fully saturated rings. The third kappa shape index (κ3) is 8.22. The molecule has 1 N–H and O–H groups in total. The van der Waals surface area contributed by atoms with Crippen molar-refractivity contribution in [2.45, 2.75) is 45.4 Å². The van der Waals surface area contributed by atoms with Gasteiger partial charge in [0.2, 0.25) is 5.91 Å². The molecule has 1 rings (SSSR count). The van der Waals surface area contributed by atoms with Crippen LogP contribution in [-0.2, 0) is 4.79 Å². The number of piperazine rings is 1. The highest BCUT2D eigenvalue weighted by Crippen LogP contribution is 2.06. The van der Waals surface area contributed by atoms with Crippen LogP contribution in [0.2, 0.25) is 0 Å². The number of rotatable bonds is 9. The lowest BCUT2D eigenvalue weighted by Crippen LogP contribution is -2.44. The molecule has 1 saturated heterocycles. The van der Waals surface area contributed by atoms with Gasteiger partial charge in [0.25, 0.3) is 0 Å². The van der Waals surface area contributed by atoms with Crippen molar-refractivity contribution in [1.29, 1.82) is 0 Å². The van der Waals surface area contributed by atoms with Crippen molar-refractivity contribution in [2.24, 2.45) is 0 Å². The van der Waals surface area contributed by atoms with E-state index in [1.807, 2.05) is 0 Å². The molecular weight excluding hydrogens is 238 g/mol. The summed E-state index contributed by atoms with van der Waals surface area (Å²) in [7, 11) is 2.20. The number of hydrogen-bond donors (Lipinski definition) is 1. The maximum Gasteiger partial charge on any atom is 0.219 e. The monoisotopic (exact) mass is 269 g/mol. The summed E-state index contributed by atoms with van der Waals surface area (Å²) in [4.78, 5) is 16.3. The largest absolute Gasteiger partial charge is 0.356 e. The zero-order chi connectivity index (χ0) is 13.9. The minimum absolute atomic E-state index is 0.223. The van der Waals surface area contributed by atoms with Gasteiger partial charge >= 0.3 is 0 Å². The van der Waals surface area contributed by atoms with E-state index < -0.39 is 0 Å². The molecule has 0 saturated carbocycles. The van der Waals surface area contributed by atoms with E-state index in [-0.39, 0.29) is 5.91 Å². The second-order valence-electron chi connectivity index (χ2n) is 5.66. The molecule has 4 nitrogen and oxygen atoms in total. The fraction of sp³-hybridized carbons (Fsp3) is 0.933. The van der Waals surface area contributed by atoms with E-state index in [2.05, 4.69) is 29.1 Å². The second-order valence-corrected chi connectivity index (χ2v) is 5.66. The van der Waals surface area contributed by atoms with Crippen LogP contribution < -0.4 is 5.32 Å². The van der Waals surface area contributed by atoms with Gasteiger partial charge in [0.1, 0.15) is 0 Å². The molecule has 0 unspecified atom stereocenters. The Morgan fingerprint density at radius 3 is 2.42 bits per heavy atom. The zero-order valence-electron chi connectivity index (χ0n) is 12.8. The third-order valence-electron chi connectivity index (χ3n) is 3.80. The van der Waals surface area contributed by atoms with Gasteiger partial charge in [-0.05, 0) is 32.9 Å². The van der Waals surface area contributed by atoms with Crippen molar-refractivity contribution in [3.05, 3.63) is 0 Å². The minimum Gasteiger partial charge on any atom is -0.356 e. The Hall–Kier alpha value is -0.610. The van der Waals surface area contributed by atoms with Gasteiger partial charge in [0.05, 0.1) is 0 Å². The highest BCUT2D eigenvalue weighted by Gasteiger charge is 2.12. The smallest absolute Gasteiger partial charge is 0.219 e. The molecule has 0 radical (unpaired) electrons. The molecule has 19 heavy (non-hydrogen) atoms. The van der Waals surface area contributed by atoms with E-state index in [9.17, 15) is 4.79 Å². The van der Waals surface area contributed by atoms with Crippen LogP contribution in [-0.4, -0.2) is 62.0 Å². The fourth-order valence-electron chi connectivity index (χ4n) is 2.40. The summed E-state index contributed by atoms with van der Waals surface area (Å²) in [5.74, 6) is 0.223. The first kappa shape index (κ1) is 16.4. The number of nitrogens with zero attached hydrogens (tertiary/aromatic N) is 2. The zero-order valence-corrected chi connectivity index (χ0v) is 12.8. The topological polar surface area (TPSA) is 35.6 Å². The maximum absolute atomic E-state index is 11.4. The van der Waals surface area contributed by atoms with Crippen LogP contribution in [0.4, 0.5) is 0 Å². The highest BCUT2D eigenvalue weighted by atomic mass is 16.1. The van der Waals surface area contributed by atoms with Crippen molar-refractivity contribution in [3.63, 3.8) is 0 Å². The summed E-state index contributed by atoms with van der Waals surface area (Å²) in [5.41, 5.74) is 0. The van der Waals surface area contributed by atoms with Crippen LogP contribution in [0.5, 0.6) is 0 Å². The van der Waals surface area contributed by atoms with Crippen LogP contribution in [0.3, 0.4) is 0 Å². The van der Waals surface area contributed by atoms with Crippen LogP contribution >= 0.6 is 0 Å². The van der Waals surface area contributed by atoms with Gasteiger partial charge in [0.15, 0.2) is 0 Å². The Morgan fingerprint density at radius 1 is 1.05 bits per heavy atom. The van der Waals surface area contributed by atoms with Crippen LogP contribution in [0.25, 0.3) is 0 Å². The normalized spacial score (nSPS) is 17.6. The molecule has 0 aromatic carbocycles. The molecule has 0 bridgehead atoms. The molecule has 0 aromatic rings. The SMILES string of the molecule is CCCNC(=O)CCCCCCN1CCN(C)CC1. The van der Waals surface area contributed by atoms with Crippen molar-refractivity contribution in [1.82, 2.24) is 15.1 Å². The Morgan fingerprint density at radius 2 is 1.74 bits per heavy atom. The molecular formula is C15H31N3O. The van der Waals surface area contributed by atoms with E-state index in [4.69, 9.17) is 0 Å². The van der Waals surface area contributed by atoms with E-state index in [0.717, 1.165) is 19.4 Å². The molecule has 112 valence electrons. The van der Waals surface area contributed by atoms with E-state index in [0.29, 0.717) is 6.42 Å².